The lowest BCUT2D eigenvalue weighted by atomic mass is 10.0. The van der Waals surface area contributed by atoms with E-state index in [0.29, 0.717) is 0 Å². The van der Waals surface area contributed by atoms with E-state index in [1.807, 2.05) is 0 Å². The Balaban J connectivity index is 1.78. The van der Waals surface area contributed by atoms with E-state index >= 15 is 0 Å². The zero-order chi connectivity index (χ0) is 18.2. The van der Waals surface area contributed by atoms with Crippen molar-refractivity contribution in [1.29, 1.82) is 0 Å². The Labute approximate surface area is 154 Å². The molecule has 0 saturated carbocycles. The molecule has 1 unspecified atom stereocenters. The summed E-state index contributed by atoms with van der Waals surface area (Å²) in [6, 6.07) is 0. The summed E-state index contributed by atoms with van der Waals surface area (Å²) >= 11 is 0. The molecule has 1 heterocycles. The fourth-order valence-electron chi connectivity index (χ4n) is 3.39. The van der Waals surface area contributed by atoms with Crippen LogP contribution in [0.1, 0.15) is 110 Å². The number of unbranched alkanes of at least 4 members (excludes halogenated alkanes) is 12. The second kappa shape index (κ2) is 15.2. The van der Waals surface area contributed by atoms with Crippen LogP contribution in [-0.4, -0.2) is 11.9 Å². The van der Waals surface area contributed by atoms with Gasteiger partial charge in [0, 0.05) is 0 Å². The summed E-state index contributed by atoms with van der Waals surface area (Å²) in [7, 11) is 0. The molecule has 1 rings (SSSR count). The van der Waals surface area contributed by atoms with Gasteiger partial charge in [0.1, 0.15) is 0 Å². The molecule has 0 aromatic heterocycles. The van der Waals surface area contributed by atoms with Crippen molar-refractivity contribution in [3.63, 3.8) is 0 Å². The number of hydrogen-bond donors (Lipinski definition) is 0. The summed E-state index contributed by atoms with van der Waals surface area (Å²) in [5.74, 6) is -0.871. The Hall–Kier alpha value is -1.12. The minimum absolute atomic E-state index is 0.187. The molecule has 0 spiro atoms. The third-order valence-electron chi connectivity index (χ3n) is 5.03. The van der Waals surface area contributed by atoms with Gasteiger partial charge in [0.05, 0.1) is 12.3 Å². The quantitative estimate of drug-likeness (QED) is 0.138. The van der Waals surface area contributed by atoms with Crippen molar-refractivity contribution in [2.75, 3.05) is 0 Å². The first kappa shape index (κ1) is 21.9. The predicted octanol–water partition coefficient (Wildman–Crippen LogP) is 6.50. The molecule has 1 aliphatic heterocycles. The number of allylic oxidation sites excluding steroid dienone is 2. The van der Waals surface area contributed by atoms with Gasteiger partial charge < -0.3 is 4.74 Å². The number of hydrogen-bond acceptors (Lipinski definition) is 3. The fraction of sp³-hybridized carbons (Fsp3) is 0.818. The molecule has 1 aliphatic rings. The Kier molecular flexibility index (Phi) is 13.3. The van der Waals surface area contributed by atoms with Gasteiger partial charge in [0.25, 0.3) is 0 Å². The number of cyclic esters (lactones) is 2. The van der Waals surface area contributed by atoms with E-state index in [0.717, 1.165) is 19.3 Å². The summed E-state index contributed by atoms with van der Waals surface area (Å²) in [5.41, 5.74) is 0. The van der Waals surface area contributed by atoms with Crippen LogP contribution in [0, 0.1) is 5.92 Å². The SMILES string of the molecule is CCCCCCCCCCCCC/C=C/CCCC1CC(=O)OC1=O. The molecule has 144 valence electrons. The highest BCUT2D eigenvalue weighted by molar-refractivity contribution is 5.94. The minimum atomic E-state index is -0.359. The van der Waals surface area contributed by atoms with E-state index in [9.17, 15) is 9.59 Å². The van der Waals surface area contributed by atoms with Crippen molar-refractivity contribution < 1.29 is 14.3 Å². The minimum Gasteiger partial charge on any atom is -0.393 e. The van der Waals surface area contributed by atoms with Crippen molar-refractivity contribution in [1.82, 2.24) is 0 Å². The van der Waals surface area contributed by atoms with Crippen LogP contribution in [-0.2, 0) is 14.3 Å². The first-order valence-corrected chi connectivity index (χ1v) is 10.6. The normalized spacial score (nSPS) is 17.6. The zero-order valence-corrected chi connectivity index (χ0v) is 16.3. The summed E-state index contributed by atoms with van der Waals surface area (Å²) in [6.07, 6.45) is 23.9. The van der Waals surface area contributed by atoms with Gasteiger partial charge in [-0.3, -0.25) is 9.59 Å². The van der Waals surface area contributed by atoms with Crippen LogP contribution < -0.4 is 0 Å². The highest BCUT2D eigenvalue weighted by atomic mass is 16.6. The van der Waals surface area contributed by atoms with Crippen molar-refractivity contribution in [2.45, 2.75) is 110 Å². The van der Waals surface area contributed by atoms with Crippen LogP contribution in [0.5, 0.6) is 0 Å². The molecule has 0 radical (unpaired) electrons. The zero-order valence-electron chi connectivity index (χ0n) is 16.3. The lowest BCUT2D eigenvalue weighted by Crippen LogP contribution is -2.06. The molecule has 0 N–H and O–H groups in total. The molecule has 0 aromatic carbocycles. The second-order valence-electron chi connectivity index (χ2n) is 7.42. The second-order valence-corrected chi connectivity index (χ2v) is 7.42. The Bertz CT molecular complexity index is 387. The smallest absolute Gasteiger partial charge is 0.317 e. The number of carbonyl (C=O) groups is 2. The third kappa shape index (κ3) is 12.0. The monoisotopic (exact) mass is 350 g/mol. The van der Waals surface area contributed by atoms with Gasteiger partial charge in [0.15, 0.2) is 0 Å². The molecule has 3 nitrogen and oxygen atoms in total. The largest absolute Gasteiger partial charge is 0.393 e. The van der Waals surface area contributed by atoms with Gasteiger partial charge in [-0.25, -0.2) is 0 Å². The highest BCUT2D eigenvalue weighted by Crippen LogP contribution is 2.21. The summed E-state index contributed by atoms with van der Waals surface area (Å²) in [5, 5.41) is 0. The van der Waals surface area contributed by atoms with Gasteiger partial charge >= 0.3 is 11.9 Å². The third-order valence-corrected chi connectivity index (χ3v) is 5.03. The molecular weight excluding hydrogens is 312 g/mol. The predicted molar refractivity (Wildman–Crippen MR) is 103 cm³/mol. The lowest BCUT2D eigenvalue weighted by Gasteiger charge is -2.02. The number of esters is 2. The van der Waals surface area contributed by atoms with Crippen molar-refractivity contribution in [3.05, 3.63) is 12.2 Å². The van der Waals surface area contributed by atoms with Crippen LogP contribution >= 0.6 is 0 Å². The number of rotatable bonds is 16. The summed E-state index contributed by atoms with van der Waals surface area (Å²) in [4.78, 5) is 22.3. The van der Waals surface area contributed by atoms with Crippen LogP contribution in [0.2, 0.25) is 0 Å². The van der Waals surface area contributed by atoms with Crippen LogP contribution in [0.25, 0.3) is 0 Å². The van der Waals surface area contributed by atoms with Crippen molar-refractivity contribution >= 4 is 11.9 Å². The maximum absolute atomic E-state index is 11.3. The molecule has 1 atom stereocenters. The van der Waals surface area contributed by atoms with Crippen LogP contribution in [0.3, 0.4) is 0 Å². The topological polar surface area (TPSA) is 43.4 Å². The standard InChI is InChI=1S/C22H38O3/c1-2-3-4-5-6-7-8-9-10-11-12-13-14-15-16-17-18-20-19-21(23)25-22(20)24/h14-15,20H,2-13,16-19H2,1H3/b15-14+. The molecule has 0 aliphatic carbocycles. The van der Waals surface area contributed by atoms with E-state index in [1.165, 1.54) is 77.0 Å². The average molecular weight is 351 g/mol. The van der Waals surface area contributed by atoms with E-state index in [1.54, 1.807) is 0 Å². The van der Waals surface area contributed by atoms with Crippen molar-refractivity contribution in [3.8, 4) is 0 Å². The molecule has 25 heavy (non-hydrogen) atoms. The Morgan fingerprint density at radius 1 is 0.800 bits per heavy atom. The fourth-order valence-corrected chi connectivity index (χ4v) is 3.39. The molecule has 1 saturated heterocycles. The van der Waals surface area contributed by atoms with E-state index < -0.39 is 0 Å². The van der Waals surface area contributed by atoms with Crippen LogP contribution in [0.4, 0.5) is 0 Å². The molecule has 1 fully saturated rings. The first-order chi connectivity index (χ1) is 12.2. The maximum Gasteiger partial charge on any atom is 0.317 e. The van der Waals surface area contributed by atoms with E-state index in [4.69, 9.17) is 0 Å². The van der Waals surface area contributed by atoms with Gasteiger partial charge in [-0.15, -0.1) is 0 Å². The Morgan fingerprint density at radius 2 is 1.32 bits per heavy atom. The number of ether oxygens (including phenoxy) is 1. The van der Waals surface area contributed by atoms with Gasteiger partial charge in [-0.05, 0) is 32.1 Å². The molecule has 0 aromatic rings. The molecular formula is C22H38O3. The molecule has 0 amide bonds. The highest BCUT2D eigenvalue weighted by Gasteiger charge is 2.32. The molecule has 3 heteroatoms. The lowest BCUT2D eigenvalue weighted by molar-refractivity contribution is -0.153. The van der Waals surface area contributed by atoms with Crippen LogP contribution in [0.15, 0.2) is 12.2 Å². The van der Waals surface area contributed by atoms with Gasteiger partial charge in [0.2, 0.25) is 0 Å². The summed E-state index contributed by atoms with van der Waals surface area (Å²) in [6.45, 7) is 2.27. The maximum atomic E-state index is 11.3. The van der Waals surface area contributed by atoms with Gasteiger partial charge in [-0.2, -0.15) is 0 Å². The van der Waals surface area contributed by atoms with E-state index in [2.05, 4.69) is 23.8 Å². The van der Waals surface area contributed by atoms with Crippen molar-refractivity contribution in [2.24, 2.45) is 5.92 Å². The first-order valence-electron chi connectivity index (χ1n) is 10.6. The average Bonchev–Trinajstić information content (AvgIpc) is 2.92. The van der Waals surface area contributed by atoms with E-state index in [-0.39, 0.29) is 24.3 Å². The Morgan fingerprint density at radius 3 is 1.84 bits per heavy atom. The van der Waals surface area contributed by atoms with Gasteiger partial charge in [-0.1, -0.05) is 83.3 Å². The summed E-state index contributed by atoms with van der Waals surface area (Å²) < 4.78 is 4.56. The number of carbonyl (C=O) groups excluding carboxylic acids is 2. The molecule has 0 bridgehead atoms.